The molecule has 0 aliphatic carbocycles. The van der Waals surface area contributed by atoms with Crippen LogP contribution in [0.1, 0.15) is 13.8 Å². The largest absolute Gasteiger partial charge is 0.465 e. The van der Waals surface area contributed by atoms with Gasteiger partial charge in [-0.05, 0) is 13.8 Å². The molecular formula is C6H12N2O4. The van der Waals surface area contributed by atoms with E-state index in [2.05, 4.69) is 0 Å². The highest BCUT2D eigenvalue weighted by Gasteiger charge is 2.32. The zero-order chi connectivity index (χ0) is 9.94. The molecule has 0 saturated carbocycles. The smallest absolute Gasteiger partial charge is 0.405 e. The molecule has 5 N–H and O–H groups in total. The normalized spacial score (nSPS) is 13.6. The van der Waals surface area contributed by atoms with Gasteiger partial charge in [0, 0.05) is 0 Å². The molecule has 0 rings (SSSR count). The molecule has 0 fully saturated rings. The van der Waals surface area contributed by atoms with Gasteiger partial charge in [0.2, 0.25) is 5.91 Å². The molecule has 0 aromatic carbocycles. The van der Waals surface area contributed by atoms with E-state index in [1.807, 2.05) is 5.32 Å². The van der Waals surface area contributed by atoms with Crippen LogP contribution in [-0.4, -0.2) is 33.9 Å². The van der Waals surface area contributed by atoms with Crippen LogP contribution in [0.3, 0.4) is 0 Å². The van der Waals surface area contributed by atoms with Crippen molar-refractivity contribution in [2.75, 3.05) is 0 Å². The summed E-state index contributed by atoms with van der Waals surface area (Å²) >= 11 is 0. The minimum Gasteiger partial charge on any atom is -0.465 e. The summed E-state index contributed by atoms with van der Waals surface area (Å²) in [6.07, 6.45) is -1.40. The van der Waals surface area contributed by atoms with Crippen LogP contribution in [0.4, 0.5) is 4.79 Å². The summed E-state index contributed by atoms with van der Waals surface area (Å²) in [6, 6.07) is -1.30. The van der Waals surface area contributed by atoms with Crippen molar-refractivity contribution in [1.82, 2.24) is 5.32 Å². The van der Waals surface area contributed by atoms with Crippen LogP contribution in [0.25, 0.3) is 0 Å². The second kappa shape index (κ2) is 3.40. The van der Waals surface area contributed by atoms with Crippen molar-refractivity contribution < 1.29 is 19.8 Å². The molecule has 12 heavy (non-hydrogen) atoms. The summed E-state index contributed by atoms with van der Waals surface area (Å²) in [5, 5.41) is 19.3. The molecule has 2 amide bonds. The van der Waals surface area contributed by atoms with Crippen molar-refractivity contribution in [3.63, 3.8) is 0 Å². The van der Waals surface area contributed by atoms with Gasteiger partial charge in [-0.25, -0.2) is 4.79 Å². The van der Waals surface area contributed by atoms with Crippen molar-refractivity contribution >= 4 is 12.0 Å². The lowest BCUT2D eigenvalue weighted by Crippen LogP contribution is -2.56. The number of nitrogens with two attached hydrogens (primary N) is 1. The lowest BCUT2D eigenvalue weighted by atomic mass is 9.99. The number of amides is 2. The molecule has 0 heterocycles. The molecule has 0 unspecified atom stereocenters. The lowest BCUT2D eigenvalue weighted by molar-refractivity contribution is -0.125. The molecule has 6 heteroatoms. The molecule has 1 atom stereocenters. The van der Waals surface area contributed by atoms with Gasteiger partial charge in [0.05, 0.1) is 5.60 Å². The van der Waals surface area contributed by atoms with Crippen molar-refractivity contribution in [2.45, 2.75) is 25.5 Å². The number of primary amides is 1. The van der Waals surface area contributed by atoms with Gasteiger partial charge in [-0.2, -0.15) is 0 Å². The number of aliphatic hydroxyl groups is 1. The predicted molar refractivity (Wildman–Crippen MR) is 40.4 cm³/mol. The maximum absolute atomic E-state index is 10.6. The Morgan fingerprint density at radius 2 is 1.92 bits per heavy atom. The highest BCUT2D eigenvalue weighted by atomic mass is 16.4. The summed E-state index contributed by atoms with van der Waals surface area (Å²) in [4.78, 5) is 20.7. The Hall–Kier alpha value is -1.30. The van der Waals surface area contributed by atoms with Gasteiger partial charge in [0.25, 0.3) is 0 Å². The maximum atomic E-state index is 10.6. The molecular weight excluding hydrogens is 164 g/mol. The van der Waals surface area contributed by atoms with Gasteiger partial charge in [-0.1, -0.05) is 0 Å². The third-order valence-electron chi connectivity index (χ3n) is 1.26. The Labute approximate surface area is 69.4 Å². The molecule has 0 aromatic rings. The summed E-state index contributed by atoms with van der Waals surface area (Å²) in [5.74, 6) is -0.912. The first-order valence-electron chi connectivity index (χ1n) is 3.26. The average molecular weight is 176 g/mol. The summed E-state index contributed by atoms with van der Waals surface area (Å²) in [6.45, 7) is 2.58. The molecule has 0 radical (unpaired) electrons. The molecule has 0 bridgehead atoms. The van der Waals surface area contributed by atoms with Gasteiger partial charge in [0.1, 0.15) is 6.04 Å². The van der Waals surface area contributed by atoms with Crippen LogP contribution in [-0.2, 0) is 4.79 Å². The second-order valence-electron chi connectivity index (χ2n) is 2.94. The van der Waals surface area contributed by atoms with Crippen molar-refractivity contribution in [1.29, 1.82) is 0 Å². The third kappa shape index (κ3) is 3.20. The molecule has 0 aromatic heterocycles. The van der Waals surface area contributed by atoms with E-state index in [9.17, 15) is 14.7 Å². The van der Waals surface area contributed by atoms with Gasteiger partial charge in [0.15, 0.2) is 0 Å². The van der Waals surface area contributed by atoms with Crippen LogP contribution in [0.15, 0.2) is 0 Å². The number of nitrogens with one attached hydrogen (secondary N) is 1. The van der Waals surface area contributed by atoms with Gasteiger partial charge < -0.3 is 21.3 Å². The van der Waals surface area contributed by atoms with E-state index in [1.165, 1.54) is 13.8 Å². The summed E-state index contributed by atoms with van der Waals surface area (Å²) in [5.41, 5.74) is 3.35. The van der Waals surface area contributed by atoms with Gasteiger partial charge in [-0.3, -0.25) is 4.79 Å². The van der Waals surface area contributed by atoms with Crippen LogP contribution < -0.4 is 11.1 Å². The zero-order valence-corrected chi connectivity index (χ0v) is 6.87. The van der Waals surface area contributed by atoms with E-state index < -0.39 is 23.6 Å². The van der Waals surface area contributed by atoms with Crippen molar-refractivity contribution in [3.05, 3.63) is 0 Å². The molecule has 0 aliphatic rings. The number of carbonyl (C=O) groups excluding carboxylic acids is 1. The summed E-state index contributed by atoms with van der Waals surface area (Å²) in [7, 11) is 0. The SMILES string of the molecule is CC(C)(O)[C@@H](NC(=O)O)C(N)=O. The van der Waals surface area contributed by atoms with Crippen LogP contribution in [0.2, 0.25) is 0 Å². The number of hydrogen-bond donors (Lipinski definition) is 4. The number of rotatable bonds is 3. The molecule has 0 aliphatic heterocycles. The quantitative estimate of drug-likeness (QED) is 0.436. The van der Waals surface area contributed by atoms with Gasteiger partial charge >= 0.3 is 6.09 Å². The standard InChI is InChI=1S/C6H12N2O4/c1-6(2,12)3(4(7)9)8-5(10)11/h3,8,12H,1-2H3,(H2,7,9)(H,10,11)/t3-/m0/s1. The minimum absolute atomic E-state index is 0.912. The van der Waals surface area contributed by atoms with E-state index in [-0.39, 0.29) is 0 Å². The molecule has 0 saturated heterocycles. The van der Waals surface area contributed by atoms with E-state index in [0.29, 0.717) is 0 Å². The van der Waals surface area contributed by atoms with E-state index >= 15 is 0 Å². The molecule has 0 spiro atoms. The first-order chi connectivity index (χ1) is 5.25. The van der Waals surface area contributed by atoms with E-state index in [1.54, 1.807) is 0 Å². The fraction of sp³-hybridized carbons (Fsp3) is 0.667. The first kappa shape index (κ1) is 10.7. The highest BCUT2D eigenvalue weighted by molar-refractivity contribution is 5.84. The minimum atomic E-state index is -1.50. The van der Waals surface area contributed by atoms with Crippen molar-refractivity contribution in [2.24, 2.45) is 5.73 Å². The monoisotopic (exact) mass is 176 g/mol. The fourth-order valence-electron chi connectivity index (χ4n) is 0.719. The van der Waals surface area contributed by atoms with Crippen LogP contribution in [0, 0.1) is 0 Å². The maximum Gasteiger partial charge on any atom is 0.405 e. The van der Waals surface area contributed by atoms with Crippen LogP contribution in [0.5, 0.6) is 0 Å². The Kier molecular flexibility index (Phi) is 3.03. The van der Waals surface area contributed by atoms with Crippen molar-refractivity contribution in [3.8, 4) is 0 Å². The average Bonchev–Trinajstić information content (AvgIpc) is 1.79. The van der Waals surface area contributed by atoms with E-state index in [0.717, 1.165) is 0 Å². The zero-order valence-electron chi connectivity index (χ0n) is 6.87. The summed E-state index contributed by atoms with van der Waals surface area (Å²) < 4.78 is 0. The Bertz CT molecular complexity index is 196. The highest BCUT2D eigenvalue weighted by Crippen LogP contribution is 2.07. The number of carbonyl (C=O) groups is 2. The number of carboxylic acid groups (broad SMARTS) is 1. The molecule has 6 nitrogen and oxygen atoms in total. The van der Waals surface area contributed by atoms with Gasteiger partial charge in [-0.15, -0.1) is 0 Å². The van der Waals surface area contributed by atoms with E-state index in [4.69, 9.17) is 10.8 Å². The third-order valence-corrected chi connectivity index (χ3v) is 1.26. The number of hydrogen-bond acceptors (Lipinski definition) is 3. The first-order valence-corrected chi connectivity index (χ1v) is 3.26. The Morgan fingerprint density at radius 3 is 2.00 bits per heavy atom. The Balaban J connectivity index is 4.46. The fourth-order valence-corrected chi connectivity index (χ4v) is 0.719. The topological polar surface area (TPSA) is 113 Å². The van der Waals surface area contributed by atoms with Crippen LogP contribution >= 0.6 is 0 Å². The molecule has 70 valence electrons. The lowest BCUT2D eigenvalue weighted by Gasteiger charge is -2.25. The predicted octanol–water partition coefficient (Wildman–Crippen LogP) is -1.12. The Morgan fingerprint density at radius 1 is 1.50 bits per heavy atom. The second-order valence-corrected chi connectivity index (χ2v) is 2.94.